The molecule has 0 spiro atoms. The summed E-state index contributed by atoms with van der Waals surface area (Å²) < 4.78 is 19.4. The van der Waals surface area contributed by atoms with Crippen molar-refractivity contribution in [1.82, 2.24) is 4.90 Å². The zero-order chi connectivity index (χ0) is 26.5. The standard InChI is InChI=1S/C32H26FNO4/c33-26-15-11-25(12-16-26)30(35)28-29(34(32(37)31(28)36)20-19-22-7-3-1-4-8-22)24-13-17-27(18-14-24)38-21-23-9-5-2-6-10-23/h1-18,29,35H,19-21H2/b30-28+. The highest BCUT2D eigenvalue weighted by Gasteiger charge is 2.45. The van der Waals surface area contributed by atoms with Crippen LogP contribution in [-0.4, -0.2) is 28.2 Å². The minimum Gasteiger partial charge on any atom is -0.507 e. The SMILES string of the molecule is O=C1C(=O)N(CCc2ccccc2)C(c2ccc(OCc3ccccc3)cc2)/C1=C(\O)c1ccc(F)cc1. The molecule has 38 heavy (non-hydrogen) atoms. The molecule has 0 bridgehead atoms. The molecule has 1 heterocycles. The zero-order valence-electron chi connectivity index (χ0n) is 20.6. The lowest BCUT2D eigenvalue weighted by Gasteiger charge is -2.25. The number of likely N-dealkylation sites (tertiary alicyclic amines) is 1. The number of rotatable bonds is 8. The summed E-state index contributed by atoms with van der Waals surface area (Å²) in [7, 11) is 0. The topological polar surface area (TPSA) is 66.8 Å². The molecule has 1 unspecified atom stereocenters. The number of nitrogens with zero attached hydrogens (tertiary/aromatic N) is 1. The van der Waals surface area contributed by atoms with Gasteiger partial charge in [-0.05, 0) is 59.5 Å². The molecular weight excluding hydrogens is 481 g/mol. The molecule has 1 N–H and O–H groups in total. The number of aliphatic hydroxyl groups excluding tert-OH is 1. The van der Waals surface area contributed by atoms with E-state index in [1.165, 1.54) is 29.2 Å². The third kappa shape index (κ3) is 5.34. The van der Waals surface area contributed by atoms with Crippen molar-refractivity contribution in [3.63, 3.8) is 0 Å². The molecule has 1 aliphatic rings. The van der Waals surface area contributed by atoms with Crippen molar-refractivity contribution >= 4 is 17.4 Å². The summed E-state index contributed by atoms with van der Waals surface area (Å²) in [5, 5.41) is 11.1. The van der Waals surface area contributed by atoms with Gasteiger partial charge in [0.25, 0.3) is 11.7 Å². The van der Waals surface area contributed by atoms with Crippen LogP contribution in [0.15, 0.2) is 115 Å². The summed E-state index contributed by atoms with van der Waals surface area (Å²) in [6, 6.07) is 31.0. The fourth-order valence-electron chi connectivity index (χ4n) is 4.60. The summed E-state index contributed by atoms with van der Waals surface area (Å²) in [4.78, 5) is 27.9. The van der Waals surface area contributed by atoms with Gasteiger partial charge in [0.15, 0.2) is 0 Å². The maximum Gasteiger partial charge on any atom is 0.295 e. The van der Waals surface area contributed by atoms with Gasteiger partial charge >= 0.3 is 0 Å². The van der Waals surface area contributed by atoms with E-state index in [-0.39, 0.29) is 23.4 Å². The van der Waals surface area contributed by atoms with E-state index in [4.69, 9.17) is 4.74 Å². The van der Waals surface area contributed by atoms with Gasteiger partial charge < -0.3 is 14.7 Å². The van der Waals surface area contributed by atoms with E-state index in [0.717, 1.165) is 11.1 Å². The number of halogens is 1. The lowest BCUT2D eigenvalue weighted by Crippen LogP contribution is -2.31. The molecular formula is C32H26FNO4. The van der Waals surface area contributed by atoms with E-state index in [1.807, 2.05) is 60.7 Å². The second kappa shape index (κ2) is 11.1. The number of carbonyl (C=O) groups excluding carboxylic acids is 2. The summed E-state index contributed by atoms with van der Waals surface area (Å²) in [5.41, 5.74) is 2.96. The normalized spacial score (nSPS) is 16.6. The predicted molar refractivity (Wildman–Crippen MR) is 143 cm³/mol. The van der Waals surface area contributed by atoms with Crippen molar-refractivity contribution in [1.29, 1.82) is 0 Å². The van der Waals surface area contributed by atoms with Gasteiger partial charge in [-0.3, -0.25) is 9.59 Å². The number of ketones is 1. The molecule has 0 aliphatic carbocycles. The number of ether oxygens (including phenoxy) is 1. The average molecular weight is 508 g/mol. The van der Waals surface area contributed by atoms with E-state index in [2.05, 4.69) is 0 Å². The second-order valence-electron chi connectivity index (χ2n) is 9.08. The van der Waals surface area contributed by atoms with Crippen LogP contribution in [0.5, 0.6) is 5.75 Å². The Morgan fingerprint density at radius 3 is 2.03 bits per heavy atom. The van der Waals surface area contributed by atoms with Crippen LogP contribution in [0.2, 0.25) is 0 Å². The van der Waals surface area contributed by atoms with Crippen LogP contribution < -0.4 is 4.74 Å². The van der Waals surface area contributed by atoms with Crippen LogP contribution in [0, 0.1) is 5.82 Å². The Labute approximate surface area is 220 Å². The molecule has 6 heteroatoms. The number of carbonyl (C=O) groups is 2. The molecule has 0 saturated carbocycles. The molecule has 1 aliphatic heterocycles. The first kappa shape index (κ1) is 25.0. The third-order valence-electron chi connectivity index (χ3n) is 6.59. The first-order valence-electron chi connectivity index (χ1n) is 12.4. The molecule has 5 rings (SSSR count). The van der Waals surface area contributed by atoms with E-state index in [1.54, 1.807) is 24.3 Å². The number of hydrogen-bond acceptors (Lipinski definition) is 4. The lowest BCUT2D eigenvalue weighted by molar-refractivity contribution is -0.139. The molecule has 190 valence electrons. The van der Waals surface area contributed by atoms with Gasteiger partial charge in [0.1, 0.15) is 23.9 Å². The summed E-state index contributed by atoms with van der Waals surface area (Å²) in [5.74, 6) is -1.61. The molecule has 5 nitrogen and oxygen atoms in total. The van der Waals surface area contributed by atoms with Crippen LogP contribution in [0.25, 0.3) is 5.76 Å². The zero-order valence-corrected chi connectivity index (χ0v) is 20.6. The first-order valence-corrected chi connectivity index (χ1v) is 12.4. The van der Waals surface area contributed by atoms with Crippen molar-refractivity contribution in [3.8, 4) is 5.75 Å². The van der Waals surface area contributed by atoms with Gasteiger partial charge in [-0.15, -0.1) is 0 Å². The van der Waals surface area contributed by atoms with Crippen molar-refractivity contribution in [3.05, 3.63) is 143 Å². The number of Topliss-reactive ketones (excluding diaryl/α,β-unsaturated/α-hetero) is 1. The van der Waals surface area contributed by atoms with Crippen molar-refractivity contribution in [2.24, 2.45) is 0 Å². The van der Waals surface area contributed by atoms with Crippen LogP contribution in [0.1, 0.15) is 28.3 Å². The molecule has 0 aromatic heterocycles. The number of aliphatic hydroxyl groups is 1. The minimum atomic E-state index is -0.799. The van der Waals surface area contributed by atoms with E-state index >= 15 is 0 Å². The van der Waals surface area contributed by atoms with Gasteiger partial charge in [0.2, 0.25) is 0 Å². The summed E-state index contributed by atoms with van der Waals surface area (Å²) in [6.45, 7) is 0.687. The molecule has 1 atom stereocenters. The fourth-order valence-corrected chi connectivity index (χ4v) is 4.60. The Hall–Kier alpha value is -4.71. The monoisotopic (exact) mass is 507 g/mol. The highest BCUT2D eigenvalue weighted by Crippen LogP contribution is 2.40. The summed E-state index contributed by atoms with van der Waals surface area (Å²) in [6.07, 6.45) is 0.541. The van der Waals surface area contributed by atoms with Crippen molar-refractivity contribution < 1.29 is 23.8 Å². The van der Waals surface area contributed by atoms with E-state index < -0.39 is 23.5 Å². The van der Waals surface area contributed by atoms with Gasteiger partial charge in [0.05, 0.1) is 11.6 Å². The molecule has 4 aromatic carbocycles. The Morgan fingerprint density at radius 2 is 1.39 bits per heavy atom. The van der Waals surface area contributed by atoms with E-state index in [9.17, 15) is 19.1 Å². The second-order valence-corrected chi connectivity index (χ2v) is 9.08. The molecule has 1 saturated heterocycles. The van der Waals surface area contributed by atoms with Crippen LogP contribution in [0.4, 0.5) is 4.39 Å². The maximum absolute atomic E-state index is 13.5. The Kier molecular flexibility index (Phi) is 7.31. The largest absolute Gasteiger partial charge is 0.507 e. The highest BCUT2D eigenvalue weighted by molar-refractivity contribution is 6.46. The number of hydrogen-bond donors (Lipinski definition) is 1. The number of benzene rings is 4. The average Bonchev–Trinajstić information content (AvgIpc) is 3.21. The van der Waals surface area contributed by atoms with Crippen LogP contribution in [-0.2, 0) is 22.6 Å². The van der Waals surface area contributed by atoms with Gasteiger partial charge in [-0.1, -0.05) is 72.8 Å². The third-order valence-corrected chi connectivity index (χ3v) is 6.59. The summed E-state index contributed by atoms with van der Waals surface area (Å²) >= 11 is 0. The molecule has 1 fully saturated rings. The van der Waals surface area contributed by atoms with E-state index in [0.29, 0.717) is 24.3 Å². The Balaban J connectivity index is 1.47. The highest BCUT2D eigenvalue weighted by atomic mass is 19.1. The van der Waals surface area contributed by atoms with Crippen LogP contribution in [0.3, 0.4) is 0 Å². The van der Waals surface area contributed by atoms with Crippen molar-refractivity contribution in [2.45, 2.75) is 19.1 Å². The Morgan fingerprint density at radius 1 is 0.789 bits per heavy atom. The lowest BCUT2D eigenvalue weighted by atomic mass is 9.95. The number of amides is 1. The van der Waals surface area contributed by atoms with Gasteiger partial charge in [-0.25, -0.2) is 4.39 Å². The first-order chi connectivity index (χ1) is 18.5. The van der Waals surface area contributed by atoms with Gasteiger partial charge in [-0.2, -0.15) is 0 Å². The predicted octanol–water partition coefficient (Wildman–Crippen LogP) is 6.07. The molecule has 1 amide bonds. The molecule has 0 radical (unpaired) electrons. The molecule has 4 aromatic rings. The van der Waals surface area contributed by atoms with Crippen molar-refractivity contribution in [2.75, 3.05) is 6.54 Å². The maximum atomic E-state index is 13.5. The smallest absolute Gasteiger partial charge is 0.295 e. The fraction of sp³-hybridized carbons (Fsp3) is 0.125. The van der Waals surface area contributed by atoms with Crippen LogP contribution >= 0.6 is 0 Å². The minimum absolute atomic E-state index is 0.0207. The van der Waals surface area contributed by atoms with Gasteiger partial charge in [0, 0.05) is 12.1 Å². The Bertz CT molecular complexity index is 1450. The quantitative estimate of drug-likeness (QED) is 0.179.